The highest BCUT2D eigenvalue weighted by molar-refractivity contribution is 4.84. The van der Waals surface area contributed by atoms with E-state index in [1.807, 2.05) is 0 Å². The van der Waals surface area contributed by atoms with Gasteiger partial charge in [-0.1, -0.05) is 41.5 Å². The van der Waals surface area contributed by atoms with Crippen LogP contribution in [0.4, 0.5) is 0 Å². The molecule has 5 atom stereocenters. The summed E-state index contributed by atoms with van der Waals surface area (Å²) in [5, 5.41) is 0. The zero-order chi connectivity index (χ0) is 11.6. The second kappa shape index (κ2) is 5.37. The molecule has 0 saturated heterocycles. The van der Waals surface area contributed by atoms with Crippen molar-refractivity contribution in [2.24, 2.45) is 35.5 Å². The van der Waals surface area contributed by atoms with Crippen molar-refractivity contribution in [1.29, 1.82) is 0 Å². The Bertz CT molecular complexity index is 182. The Morgan fingerprint density at radius 2 is 1.60 bits per heavy atom. The van der Waals surface area contributed by atoms with Crippen molar-refractivity contribution in [2.75, 3.05) is 0 Å². The van der Waals surface area contributed by atoms with Crippen LogP contribution in [0.5, 0.6) is 0 Å². The van der Waals surface area contributed by atoms with E-state index in [-0.39, 0.29) is 0 Å². The van der Waals surface area contributed by atoms with Gasteiger partial charge in [-0.15, -0.1) is 0 Å². The van der Waals surface area contributed by atoms with Crippen LogP contribution in [0.2, 0.25) is 0 Å². The molecule has 0 nitrogen and oxygen atoms in total. The Hall–Kier alpha value is 0. The van der Waals surface area contributed by atoms with E-state index in [4.69, 9.17) is 0 Å². The van der Waals surface area contributed by atoms with Crippen LogP contribution in [0.25, 0.3) is 0 Å². The van der Waals surface area contributed by atoms with Crippen molar-refractivity contribution in [3.8, 4) is 0 Å². The lowest BCUT2D eigenvalue weighted by Crippen LogP contribution is -2.22. The summed E-state index contributed by atoms with van der Waals surface area (Å²) in [6.45, 7) is 14.5. The number of hydrogen-bond acceptors (Lipinski definition) is 0. The highest BCUT2D eigenvalue weighted by Crippen LogP contribution is 2.43. The maximum Gasteiger partial charge on any atom is -0.0358 e. The molecule has 90 valence electrons. The number of rotatable bonds is 4. The molecule has 1 aliphatic rings. The second-order valence-corrected chi connectivity index (χ2v) is 6.68. The second-order valence-electron chi connectivity index (χ2n) is 6.68. The van der Waals surface area contributed by atoms with Crippen LogP contribution in [0, 0.1) is 35.5 Å². The van der Waals surface area contributed by atoms with Crippen LogP contribution in [0.1, 0.15) is 60.8 Å². The van der Waals surface area contributed by atoms with Gasteiger partial charge in [0.25, 0.3) is 0 Å². The minimum atomic E-state index is 0.858. The summed E-state index contributed by atoms with van der Waals surface area (Å²) >= 11 is 0. The first-order valence-electron chi connectivity index (χ1n) is 6.91. The first-order chi connectivity index (χ1) is 6.91. The van der Waals surface area contributed by atoms with Crippen molar-refractivity contribution in [2.45, 2.75) is 60.8 Å². The van der Waals surface area contributed by atoms with E-state index in [9.17, 15) is 0 Å². The van der Waals surface area contributed by atoms with Crippen LogP contribution in [0.15, 0.2) is 0 Å². The molecule has 5 unspecified atom stereocenters. The van der Waals surface area contributed by atoms with Gasteiger partial charge in [-0.2, -0.15) is 0 Å². The average molecular weight is 210 g/mol. The van der Waals surface area contributed by atoms with Crippen molar-refractivity contribution < 1.29 is 0 Å². The molecule has 1 rings (SSSR count). The van der Waals surface area contributed by atoms with Gasteiger partial charge in [0.1, 0.15) is 0 Å². The fourth-order valence-electron chi connectivity index (χ4n) is 3.72. The van der Waals surface area contributed by atoms with E-state index in [0.29, 0.717) is 0 Å². The van der Waals surface area contributed by atoms with Gasteiger partial charge in [0.15, 0.2) is 0 Å². The minimum absolute atomic E-state index is 0.858. The Morgan fingerprint density at radius 1 is 1.00 bits per heavy atom. The molecule has 0 spiro atoms. The van der Waals surface area contributed by atoms with Crippen LogP contribution < -0.4 is 0 Å². The molecule has 1 fully saturated rings. The van der Waals surface area contributed by atoms with Crippen molar-refractivity contribution in [3.05, 3.63) is 0 Å². The Morgan fingerprint density at radius 3 is 2.00 bits per heavy atom. The third kappa shape index (κ3) is 3.50. The Labute approximate surface area is 96.8 Å². The molecule has 0 N–H and O–H groups in total. The quantitative estimate of drug-likeness (QED) is 0.613. The first-order valence-corrected chi connectivity index (χ1v) is 6.91. The van der Waals surface area contributed by atoms with E-state index in [0.717, 1.165) is 35.5 Å². The van der Waals surface area contributed by atoms with Crippen molar-refractivity contribution >= 4 is 0 Å². The summed E-state index contributed by atoms with van der Waals surface area (Å²) in [5.41, 5.74) is 0. The molecule has 0 radical (unpaired) electrons. The molecule has 1 aliphatic carbocycles. The molecule has 0 aromatic carbocycles. The lowest BCUT2D eigenvalue weighted by molar-refractivity contribution is 0.198. The SMILES string of the molecule is CC(C)CC(C)C(C)C1CC(C)CC1C. The monoisotopic (exact) mass is 210 g/mol. The molecule has 0 amide bonds. The predicted octanol–water partition coefficient (Wildman–Crippen LogP) is 4.99. The number of hydrogen-bond donors (Lipinski definition) is 0. The summed E-state index contributed by atoms with van der Waals surface area (Å²) in [4.78, 5) is 0. The topological polar surface area (TPSA) is 0 Å². The third-order valence-corrected chi connectivity index (χ3v) is 4.60. The summed E-state index contributed by atoms with van der Waals surface area (Å²) in [6, 6.07) is 0. The van der Waals surface area contributed by atoms with Crippen LogP contribution in [-0.2, 0) is 0 Å². The van der Waals surface area contributed by atoms with Crippen LogP contribution in [0.3, 0.4) is 0 Å². The summed E-state index contributed by atoms with van der Waals surface area (Å²) in [6.07, 6.45) is 4.34. The summed E-state index contributed by atoms with van der Waals surface area (Å²) in [7, 11) is 0. The smallest absolute Gasteiger partial charge is 0.0358 e. The highest BCUT2D eigenvalue weighted by Gasteiger charge is 2.34. The molecular weight excluding hydrogens is 180 g/mol. The summed E-state index contributed by atoms with van der Waals surface area (Å²) < 4.78 is 0. The van der Waals surface area contributed by atoms with Gasteiger partial charge < -0.3 is 0 Å². The molecule has 0 aromatic rings. The highest BCUT2D eigenvalue weighted by atomic mass is 14.4. The molecule has 1 saturated carbocycles. The van der Waals surface area contributed by atoms with Gasteiger partial charge in [0, 0.05) is 0 Å². The maximum absolute atomic E-state index is 2.49. The predicted molar refractivity (Wildman–Crippen MR) is 68.8 cm³/mol. The van der Waals surface area contributed by atoms with Crippen LogP contribution in [-0.4, -0.2) is 0 Å². The van der Waals surface area contributed by atoms with E-state index in [1.165, 1.54) is 19.3 Å². The first kappa shape index (κ1) is 13.1. The van der Waals surface area contributed by atoms with Gasteiger partial charge in [-0.25, -0.2) is 0 Å². The largest absolute Gasteiger partial charge is 0.0628 e. The van der Waals surface area contributed by atoms with Crippen molar-refractivity contribution in [1.82, 2.24) is 0 Å². The molecule has 15 heavy (non-hydrogen) atoms. The minimum Gasteiger partial charge on any atom is -0.0628 e. The maximum atomic E-state index is 2.49. The Balaban J connectivity index is 2.48. The average Bonchev–Trinajstić information content (AvgIpc) is 2.42. The molecule has 0 bridgehead atoms. The van der Waals surface area contributed by atoms with Crippen LogP contribution >= 0.6 is 0 Å². The Kier molecular flexibility index (Phi) is 4.67. The molecule has 0 aromatic heterocycles. The fourth-order valence-corrected chi connectivity index (χ4v) is 3.72. The van der Waals surface area contributed by atoms with E-state index in [2.05, 4.69) is 41.5 Å². The van der Waals surface area contributed by atoms with Gasteiger partial charge >= 0.3 is 0 Å². The van der Waals surface area contributed by atoms with Gasteiger partial charge in [0.05, 0.1) is 0 Å². The molecule has 0 heteroatoms. The molecular formula is C15H30. The zero-order valence-electron chi connectivity index (χ0n) is 11.6. The van der Waals surface area contributed by atoms with Gasteiger partial charge in [-0.05, 0) is 54.8 Å². The third-order valence-electron chi connectivity index (χ3n) is 4.60. The van der Waals surface area contributed by atoms with Gasteiger partial charge in [-0.3, -0.25) is 0 Å². The molecule has 0 aliphatic heterocycles. The van der Waals surface area contributed by atoms with Gasteiger partial charge in [0.2, 0.25) is 0 Å². The zero-order valence-corrected chi connectivity index (χ0v) is 11.6. The summed E-state index contributed by atoms with van der Waals surface area (Å²) in [5.74, 6) is 5.61. The fraction of sp³-hybridized carbons (Fsp3) is 1.00. The normalized spacial score (nSPS) is 35.8. The van der Waals surface area contributed by atoms with E-state index in [1.54, 1.807) is 0 Å². The van der Waals surface area contributed by atoms with E-state index >= 15 is 0 Å². The van der Waals surface area contributed by atoms with Crippen molar-refractivity contribution in [3.63, 3.8) is 0 Å². The standard InChI is InChI=1S/C15H30/c1-10(2)7-12(4)14(6)15-9-11(3)8-13(15)5/h10-15H,7-9H2,1-6H3. The molecule has 0 heterocycles. The lowest BCUT2D eigenvalue weighted by atomic mass is 9.76. The van der Waals surface area contributed by atoms with E-state index < -0.39 is 0 Å². The lowest BCUT2D eigenvalue weighted by Gasteiger charge is -2.30.